The van der Waals surface area contributed by atoms with Crippen LogP contribution in [-0.2, 0) is 16.1 Å². The molecule has 2 amide bonds. The minimum atomic E-state index is -0.598. The quantitative estimate of drug-likeness (QED) is 0.703. The van der Waals surface area contributed by atoms with Crippen LogP contribution in [-0.4, -0.2) is 45.6 Å². The number of benzene rings is 1. The fourth-order valence-electron chi connectivity index (χ4n) is 2.85. The number of fused-ring (bicyclic) bond motifs is 1. The van der Waals surface area contributed by atoms with Crippen molar-refractivity contribution in [3.8, 4) is 0 Å². The van der Waals surface area contributed by atoms with Gasteiger partial charge < -0.3 is 10.2 Å². The molecule has 1 aromatic heterocycles. The lowest BCUT2D eigenvalue weighted by Crippen LogP contribution is -2.47. The second-order valence-electron chi connectivity index (χ2n) is 6.24. The fourth-order valence-corrected chi connectivity index (χ4v) is 2.85. The van der Waals surface area contributed by atoms with E-state index in [2.05, 4.69) is 23.6 Å². The highest BCUT2D eigenvalue weighted by molar-refractivity contribution is 5.87. The highest BCUT2D eigenvalue weighted by Crippen LogP contribution is 2.17. The van der Waals surface area contributed by atoms with Crippen LogP contribution in [0, 0.1) is 6.92 Å². The summed E-state index contributed by atoms with van der Waals surface area (Å²) >= 11 is 0. The van der Waals surface area contributed by atoms with Crippen molar-refractivity contribution >= 4 is 22.7 Å². The number of hydrogen-bond acceptors (Lipinski definition) is 3. The van der Waals surface area contributed by atoms with Gasteiger partial charge in [-0.15, -0.1) is 13.2 Å². The molecular weight excluding hydrogens is 328 g/mol. The average Bonchev–Trinajstić information content (AvgIpc) is 3.03. The van der Waals surface area contributed by atoms with Crippen LogP contribution < -0.4 is 5.32 Å². The van der Waals surface area contributed by atoms with Crippen LogP contribution in [0.4, 0.5) is 0 Å². The summed E-state index contributed by atoms with van der Waals surface area (Å²) in [4.78, 5) is 26.2. The first-order valence-electron chi connectivity index (χ1n) is 8.69. The van der Waals surface area contributed by atoms with E-state index < -0.39 is 6.04 Å². The molecule has 2 aromatic rings. The zero-order valence-electron chi connectivity index (χ0n) is 15.4. The molecule has 1 unspecified atom stereocenters. The molecule has 2 rings (SSSR count). The van der Waals surface area contributed by atoms with Crippen molar-refractivity contribution in [3.05, 3.63) is 55.3 Å². The maximum atomic E-state index is 12.4. The van der Waals surface area contributed by atoms with Gasteiger partial charge in [-0.2, -0.15) is 5.10 Å². The Morgan fingerprint density at radius 1 is 1.31 bits per heavy atom. The molecule has 0 saturated carbocycles. The van der Waals surface area contributed by atoms with Crippen molar-refractivity contribution in [2.24, 2.45) is 0 Å². The predicted molar refractivity (Wildman–Crippen MR) is 104 cm³/mol. The smallest absolute Gasteiger partial charge is 0.245 e. The lowest BCUT2D eigenvalue weighted by molar-refractivity contribution is -0.135. The number of aromatic nitrogens is 2. The summed E-state index contributed by atoms with van der Waals surface area (Å²) < 4.78 is 1.82. The standard InChI is InChI=1S/C20H26N4O2/c1-5-11-23(12-6-2)20(26)16(4)22-19(25)10-13-24-18-9-7-8-15(3)17(18)14-21-24/h5-9,14,16H,1-2,10-13H2,3-4H3,(H,22,25). The number of carbonyl (C=O) groups excluding carboxylic acids is 2. The lowest BCUT2D eigenvalue weighted by atomic mass is 10.1. The maximum absolute atomic E-state index is 12.4. The Balaban J connectivity index is 1.93. The number of amides is 2. The Morgan fingerprint density at radius 2 is 2.00 bits per heavy atom. The Bertz CT molecular complexity index is 799. The third kappa shape index (κ3) is 4.59. The first-order chi connectivity index (χ1) is 12.5. The van der Waals surface area contributed by atoms with Gasteiger partial charge in [-0.3, -0.25) is 14.3 Å². The van der Waals surface area contributed by atoms with Gasteiger partial charge in [0.25, 0.3) is 0 Å². The third-order valence-corrected chi connectivity index (χ3v) is 4.21. The van der Waals surface area contributed by atoms with Gasteiger partial charge in [0, 0.05) is 24.9 Å². The molecule has 0 aliphatic heterocycles. The molecule has 1 heterocycles. The molecule has 0 bridgehead atoms. The molecule has 0 aliphatic carbocycles. The van der Waals surface area contributed by atoms with Gasteiger partial charge in [-0.25, -0.2) is 0 Å². The summed E-state index contributed by atoms with van der Waals surface area (Å²) in [6, 6.07) is 5.40. The van der Waals surface area contributed by atoms with Crippen molar-refractivity contribution in [2.45, 2.75) is 32.9 Å². The van der Waals surface area contributed by atoms with Gasteiger partial charge in [0.05, 0.1) is 18.3 Å². The summed E-state index contributed by atoms with van der Waals surface area (Å²) in [5.41, 5.74) is 2.16. The molecule has 26 heavy (non-hydrogen) atoms. The molecular formula is C20H26N4O2. The van der Waals surface area contributed by atoms with Crippen molar-refractivity contribution in [3.63, 3.8) is 0 Å². The van der Waals surface area contributed by atoms with E-state index in [-0.39, 0.29) is 18.2 Å². The van der Waals surface area contributed by atoms with Crippen molar-refractivity contribution in [1.82, 2.24) is 20.0 Å². The van der Waals surface area contributed by atoms with E-state index in [1.807, 2.05) is 36.0 Å². The Kier molecular flexibility index (Phi) is 6.72. The number of hydrogen-bond donors (Lipinski definition) is 1. The SMILES string of the molecule is C=CCN(CC=C)C(=O)C(C)NC(=O)CCn1ncc2c(C)cccc21. The molecule has 138 valence electrons. The molecule has 0 spiro atoms. The van der Waals surface area contributed by atoms with E-state index >= 15 is 0 Å². The van der Waals surface area contributed by atoms with Crippen LogP contribution in [0.2, 0.25) is 0 Å². The number of nitrogens with one attached hydrogen (secondary N) is 1. The second-order valence-corrected chi connectivity index (χ2v) is 6.24. The minimum Gasteiger partial charge on any atom is -0.345 e. The summed E-state index contributed by atoms with van der Waals surface area (Å²) in [6.07, 6.45) is 5.38. The van der Waals surface area contributed by atoms with Gasteiger partial charge in [0.1, 0.15) is 6.04 Å². The Hall–Kier alpha value is -2.89. The topological polar surface area (TPSA) is 67.2 Å². The fraction of sp³-hybridized carbons (Fsp3) is 0.350. The van der Waals surface area contributed by atoms with Crippen LogP contribution in [0.1, 0.15) is 18.9 Å². The van der Waals surface area contributed by atoms with Crippen molar-refractivity contribution in [2.75, 3.05) is 13.1 Å². The van der Waals surface area contributed by atoms with Crippen LogP contribution in [0.25, 0.3) is 10.9 Å². The van der Waals surface area contributed by atoms with E-state index in [4.69, 9.17) is 0 Å². The van der Waals surface area contributed by atoms with Crippen LogP contribution in [0.15, 0.2) is 49.7 Å². The molecule has 1 atom stereocenters. The van der Waals surface area contributed by atoms with Crippen LogP contribution >= 0.6 is 0 Å². The van der Waals surface area contributed by atoms with E-state index in [9.17, 15) is 9.59 Å². The zero-order chi connectivity index (χ0) is 19.1. The molecule has 6 nitrogen and oxygen atoms in total. The summed E-state index contributed by atoms with van der Waals surface area (Å²) in [7, 11) is 0. The van der Waals surface area contributed by atoms with E-state index in [1.54, 1.807) is 24.0 Å². The summed E-state index contributed by atoms with van der Waals surface area (Å²) in [5.74, 6) is -0.336. The summed E-state index contributed by atoms with van der Waals surface area (Å²) in [5, 5.41) is 8.20. The normalized spacial score (nSPS) is 11.8. The summed E-state index contributed by atoms with van der Waals surface area (Å²) in [6.45, 7) is 12.3. The Morgan fingerprint density at radius 3 is 2.65 bits per heavy atom. The number of rotatable bonds is 9. The number of carbonyl (C=O) groups is 2. The molecule has 0 radical (unpaired) electrons. The first-order valence-corrected chi connectivity index (χ1v) is 8.69. The average molecular weight is 354 g/mol. The predicted octanol–water partition coefficient (Wildman–Crippen LogP) is 2.44. The molecule has 0 aliphatic rings. The highest BCUT2D eigenvalue weighted by atomic mass is 16.2. The van der Waals surface area contributed by atoms with Gasteiger partial charge >= 0.3 is 0 Å². The molecule has 1 aromatic carbocycles. The first kappa shape index (κ1) is 19.4. The van der Waals surface area contributed by atoms with Gasteiger partial charge in [-0.1, -0.05) is 24.3 Å². The maximum Gasteiger partial charge on any atom is 0.245 e. The molecule has 0 fully saturated rings. The third-order valence-electron chi connectivity index (χ3n) is 4.21. The highest BCUT2D eigenvalue weighted by Gasteiger charge is 2.20. The van der Waals surface area contributed by atoms with E-state index in [0.29, 0.717) is 19.6 Å². The van der Waals surface area contributed by atoms with Crippen molar-refractivity contribution in [1.29, 1.82) is 0 Å². The Labute approximate surface area is 154 Å². The van der Waals surface area contributed by atoms with Crippen LogP contribution in [0.3, 0.4) is 0 Å². The molecule has 1 N–H and O–H groups in total. The monoisotopic (exact) mass is 354 g/mol. The second kappa shape index (κ2) is 8.99. The van der Waals surface area contributed by atoms with Gasteiger partial charge in [0.15, 0.2) is 0 Å². The number of aryl methyl sites for hydroxylation is 2. The zero-order valence-corrected chi connectivity index (χ0v) is 15.4. The minimum absolute atomic E-state index is 0.154. The van der Waals surface area contributed by atoms with Gasteiger partial charge in [-0.05, 0) is 25.5 Å². The van der Waals surface area contributed by atoms with E-state index in [0.717, 1.165) is 16.5 Å². The molecule has 0 saturated heterocycles. The van der Waals surface area contributed by atoms with E-state index in [1.165, 1.54) is 0 Å². The largest absolute Gasteiger partial charge is 0.345 e. The lowest BCUT2D eigenvalue weighted by Gasteiger charge is -2.23. The number of nitrogens with zero attached hydrogens (tertiary/aromatic N) is 3. The van der Waals surface area contributed by atoms with Gasteiger partial charge in [0.2, 0.25) is 11.8 Å². The van der Waals surface area contributed by atoms with Crippen molar-refractivity contribution < 1.29 is 9.59 Å². The molecule has 6 heteroatoms. The van der Waals surface area contributed by atoms with Crippen LogP contribution in [0.5, 0.6) is 0 Å².